The van der Waals surface area contributed by atoms with Crippen LogP contribution < -0.4 is 5.32 Å². The summed E-state index contributed by atoms with van der Waals surface area (Å²) in [6.07, 6.45) is 0.0373. The van der Waals surface area contributed by atoms with E-state index in [1.807, 2.05) is 31.2 Å². The molecule has 2 rings (SSSR count). The van der Waals surface area contributed by atoms with E-state index in [9.17, 15) is 24.8 Å². The summed E-state index contributed by atoms with van der Waals surface area (Å²) in [5.41, 5.74) is 2.20. The number of carbonyl (C=O) groups excluding carboxylic acids is 1. The van der Waals surface area contributed by atoms with E-state index in [0.29, 0.717) is 5.56 Å². The molecule has 130 valence electrons. The maximum Gasteiger partial charge on any atom is 0.326 e. The highest BCUT2D eigenvalue weighted by atomic mass is 16.6. The second-order valence-corrected chi connectivity index (χ2v) is 5.75. The summed E-state index contributed by atoms with van der Waals surface area (Å²) in [6, 6.07) is 12.0. The van der Waals surface area contributed by atoms with Crippen molar-refractivity contribution in [3.63, 3.8) is 0 Å². The van der Waals surface area contributed by atoms with Gasteiger partial charge in [-0.1, -0.05) is 42.0 Å². The summed E-state index contributed by atoms with van der Waals surface area (Å²) in [7, 11) is 0. The zero-order chi connectivity index (χ0) is 18.4. The van der Waals surface area contributed by atoms with Crippen LogP contribution in [0, 0.1) is 17.0 Å². The van der Waals surface area contributed by atoms with Crippen LogP contribution in [0.15, 0.2) is 48.5 Å². The molecule has 0 fully saturated rings. The predicted octanol–water partition coefficient (Wildman–Crippen LogP) is 2.26. The van der Waals surface area contributed by atoms with E-state index in [-0.39, 0.29) is 18.5 Å². The standard InChI is InChI=1S/C18H18N2O5/c1-12-5-7-13(8-6-12)10-16(18(22)23)19-17(21)11-14-3-2-4-15(9-14)20(24)25/h2-9,16H,10-11H2,1H3,(H,19,21)(H,22,23)/t16-/m0/s1. The Kier molecular flexibility index (Phi) is 5.84. The molecular weight excluding hydrogens is 324 g/mol. The molecule has 0 unspecified atom stereocenters. The molecule has 0 aliphatic carbocycles. The fourth-order valence-electron chi connectivity index (χ4n) is 2.37. The van der Waals surface area contributed by atoms with Gasteiger partial charge in [-0.05, 0) is 18.1 Å². The van der Waals surface area contributed by atoms with Crippen molar-refractivity contribution in [2.75, 3.05) is 0 Å². The zero-order valence-electron chi connectivity index (χ0n) is 13.6. The first-order valence-corrected chi connectivity index (χ1v) is 7.66. The summed E-state index contributed by atoms with van der Waals surface area (Å²) in [6.45, 7) is 1.93. The average Bonchev–Trinajstić information content (AvgIpc) is 2.56. The van der Waals surface area contributed by atoms with Crippen LogP contribution in [0.25, 0.3) is 0 Å². The summed E-state index contributed by atoms with van der Waals surface area (Å²) >= 11 is 0. The van der Waals surface area contributed by atoms with Crippen LogP contribution >= 0.6 is 0 Å². The summed E-state index contributed by atoms with van der Waals surface area (Å²) in [5, 5.41) is 22.5. The van der Waals surface area contributed by atoms with Crippen molar-refractivity contribution in [1.29, 1.82) is 0 Å². The van der Waals surface area contributed by atoms with E-state index in [4.69, 9.17) is 0 Å². The first-order chi connectivity index (χ1) is 11.8. The van der Waals surface area contributed by atoms with Crippen LogP contribution in [0.5, 0.6) is 0 Å². The molecule has 7 heteroatoms. The van der Waals surface area contributed by atoms with E-state index < -0.39 is 22.8 Å². The van der Waals surface area contributed by atoms with Gasteiger partial charge in [0.2, 0.25) is 5.91 Å². The van der Waals surface area contributed by atoms with Gasteiger partial charge in [0, 0.05) is 18.6 Å². The second kappa shape index (κ2) is 8.05. The molecule has 0 bridgehead atoms. The van der Waals surface area contributed by atoms with Crippen molar-refractivity contribution in [3.8, 4) is 0 Å². The third-order valence-corrected chi connectivity index (χ3v) is 3.68. The summed E-state index contributed by atoms with van der Waals surface area (Å²) < 4.78 is 0. The van der Waals surface area contributed by atoms with E-state index >= 15 is 0 Å². The van der Waals surface area contributed by atoms with E-state index in [1.54, 1.807) is 6.07 Å². The highest BCUT2D eigenvalue weighted by Crippen LogP contribution is 2.13. The molecule has 0 spiro atoms. The largest absolute Gasteiger partial charge is 0.480 e. The van der Waals surface area contributed by atoms with Crippen molar-refractivity contribution in [3.05, 3.63) is 75.3 Å². The predicted molar refractivity (Wildman–Crippen MR) is 91.2 cm³/mol. The highest BCUT2D eigenvalue weighted by Gasteiger charge is 2.20. The lowest BCUT2D eigenvalue weighted by Crippen LogP contribution is -2.43. The third-order valence-electron chi connectivity index (χ3n) is 3.68. The van der Waals surface area contributed by atoms with Gasteiger partial charge in [-0.3, -0.25) is 14.9 Å². The minimum absolute atomic E-state index is 0.111. The fourth-order valence-corrected chi connectivity index (χ4v) is 2.37. The highest BCUT2D eigenvalue weighted by molar-refractivity contribution is 5.85. The van der Waals surface area contributed by atoms with E-state index in [1.165, 1.54) is 18.2 Å². The number of benzene rings is 2. The number of rotatable bonds is 7. The Balaban J connectivity index is 2.02. The van der Waals surface area contributed by atoms with E-state index in [2.05, 4.69) is 5.32 Å². The van der Waals surface area contributed by atoms with Gasteiger partial charge in [0.05, 0.1) is 11.3 Å². The van der Waals surface area contributed by atoms with Crippen LogP contribution in [-0.4, -0.2) is 27.9 Å². The molecule has 7 nitrogen and oxygen atoms in total. The molecule has 2 N–H and O–H groups in total. The normalized spacial score (nSPS) is 11.6. The average molecular weight is 342 g/mol. The Morgan fingerprint density at radius 1 is 1.16 bits per heavy atom. The summed E-state index contributed by atoms with van der Waals surface area (Å²) in [5.74, 6) is -1.63. The van der Waals surface area contributed by atoms with Crippen LogP contribution in [0.4, 0.5) is 5.69 Å². The fraction of sp³-hybridized carbons (Fsp3) is 0.222. The molecule has 0 aliphatic heterocycles. The molecule has 0 saturated heterocycles. The lowest BCUT2D eigenvalue weighted by molar-refractivity contribution is -0.384. The minimum atomic E-state index is -1.13. The first-order valence-electron chi connectivity index (χ1n) is 7.66. The minimum Gasteiger partial charge on any atom is -0.480 e. The number of hydrogen-bond donors (Lipinski definition) is 2. The van der Waals surface area contributed by atoms with Gasteiger partial charge in [-0.2, -0.15) is 0 Å². The van der Waals surface area contributed by atoms with Crippen LogP contribution in [0.1, 0.15) is 16.7 Å². The number of carbonyl (C=O) groups is 2. The van der Waals surface area contributed by atoms with Crippen molar-refractivity contribution < 1.29 is 19.6 Å². The Hall–Kier alpha value is -3.22. The smallest absolute Gasteiger partial charge is 0.326 e. The van der Waals surface area contributed by atoms with Gasteiger partial charge in [0.15, 0.2) is 0 Å². The maximum absolute atomic E-state index is 12.1. The molecule has 0 aromatic heterocycles. The Morgan fingerprint density at radius 3 is 2.44 bits per heavy atom. The first kappa shape index (κ1) is 18.1. The van der Waals surface area contributed by atoms with E-state index in [0.717, 1.165) is 11.1 Å². The van der Waals surface area contributed by atoms with Crippen molar-refractivity contribution >= 4 is 17.6 Å². The van der Waals surface area contributed by atoms with Crippen molar-refractivity contribution in [2.24, 2.45) is 0 Å². The molecule has 2 aromatic carbocycles. The number of aliphatic carboxylic acids is 1. The molecule has 1 atom stereocenters. The second-order valence-electron chi connectivity index (χ2n) is 5.75. The number of nitrogens with zero attached hydrogens (tertiary/aromatic N) is 1. The number of carboxylic acids is 1. The number of aryl methyl sites for hydroxylation is 1. The van der Waals surface area contributed by atoms with Crippen LogP contribution in [-0.2, 0) is 22.4 Å². The van der Waals surface area contributed by atoms with Crippen LogP contribution in [0.3, 0.4) is 0 Å². The molecule has 0 radical (unpaired) electrons. The van der Waals surface area contributed by atoms with Crippen LogP contribution in [0.2, 0.25) is 0 Å². The Labute approximate surface area is 144 Å². The van der Waals surface area contributed by atoms with Gasteiger partial charge in [-0.15, -0.1) is 0 Å². The lowest BCUT2D eigenvalue weighted by atomic mass is 10.0. The number of nitro groups is 1. The quantitative estimate of drug-likeness (QED) is 0.592. The molecule has 0 heterocycles. The molecule has 0 saturated carbocycles. The lowest BCUT2D eigenvalue weighted by Gasteiger charge is -2.15. The number of amides is 1. The van der Waals surface area contributed by atoms with Gasteiger partial charge >= 0.3 is 5.97 Å². The summed E-state index contributed by atoms with van der Waals surface area (Å²) in [4.78, 5) is 33.7. The molecule has 25 heavy (non-hydrogen) atoms. The Morgan fingerprint density at radius 2 is 1.84 bits per heavy atom. The van der Waals surface area contributed by atoms with Gasteiger partial charge in [0.1, 0.15) is 6.04 Å². The third kappa shape index (κ3) is 5.42. The topological polar surface area (TPSA) is 110 Å². The number of nitrogens with one attached hydrogen (secondary N) is 1. The van der Waals surface area contributed by atoms with Crippen molar-refractivity contribution in [2.45, 2.75) is 25.8 Å². The SMILES string of the molecule is Cc1ccc(C[C@H](NC(=O)Cc2cccc([N+](=O)[O-])c2)C(=O)O)cc1. The van der Waals surface area contributed by atoms with Gasteiger partial charge in [0.25, 0.3) is 5.69 Å². The number of non-ortho nitro benzene ring substituents is 1. The molecule has 1 amide bonds. The number of nitro benzene ring substituents is 1. The van der Waals surface area contributed by atoms with Gasteiger partial charge in [-0.25, -0.2) is 4.79 Å². The molecular formula is C18H18N2O5. The Bertz CT molecular complexity index is 786. The maximum atomic E-state index is 12.1. The number of carboxylic acid groups (broad SMARTS) is 1. The monoisotopic (exact) mass is 342 g/mol. The molecule has 0 aliphatic rings. The van der Waals surface area contributed by atoms with Crippen molar-refractivity contribution in [1.82, 2.24) is 5.32 Å². The van der Waals surface area contributed by atoms with Gasteiger partial charge < -0.3 is 10.4 Å². The molecule has 2 aromatic rings. The zero-order valence-corrected chi connectivity index (χ0v) is 13.6. The number of hydrogen-bond acceptors (Lipinski definition) is 4.